The van der Waals surface area contributed by atoms with E-state index < -0.39 is 11.9 Å². The number of methoxy groups -OCH3 is 1. The average Bonchev–Trinajstić information content (AvgIpc) is 2.86. The number of hydrogen-bond donors (Lipinski definition) is 1. The van der Waals surface area contributed by atoms with Gasteiger partial charge in [-0.25, -0.2) is 9.59 Å². The largest absolute Gasteiger partial charge is 0.465 e. The quantitative estimate of drug-likeness (QED) is 0.625. The van der Waals surface area contributed by atoms with Crippen molar-refractivity contribution in [3.8, 4) is 0 Å². The molecule has 1 aromatic heterocycles. The summed E-state index contributed by atoms with van der Waals surface area (Å²) in [4.78, 5) is 26.3. The fraction of sp³-hybridized carbons (Fsp3) is 0.231. The standard InChI is InChI=1S/C13H11ClINO4/c1-3-20-13(18)8-5-6-4-7(12(17)19-2)9(14)10(15)11(6)16-8/h4-5,16H,3H2,1-2H3. The lowest BCUT2D eigenvalue weighted by Crippen LogP contribution is -2.04. The topological polar surface area (TPSA) is 68.4 Å². The maximum atomic E-state index is 11.7. The third-order valence-electron chi connectivity index (χ3n) is 2.70. The molecule has 0 bridgehead atoms. The number of esters is 2. The first kappa shape index (κ1) is 15.1. The van der Waals surface area contributed by atoms with Crippen molar-refractivity contribution in [2.24, 2.45) is 0 Å². The lowest BCUT2D eigenvalue weighted by atomic mass is 10.1. The molecule has 2 rings (SSSR count). The van der Waals surface area contributed by atoms with E-state index in [2.05, 4.69) is 9.72 Å². The van der Waals surface area contributed by atoms with E-state index in [0.29, 0.717) is 31.8 Å². The first-order valence-corrected chi connectivity index (χ1v) is 7.21. The van der Waals surface area contributed by atoms with Crippen LogP contribution in [0.2, 0.25) is 5.02 Å². The first-order chi connectivity index (χ1) is 9.49. The predicted molar refractivity (Wildman–Crippen MR) is 83.3 cm³/mol. The van der Waals surface area contributed by atoms with E-state index in [1.807, 2.05) is 22.6 Å². The number of carbonyl (C=O) groups is 2. The summed E-state index contributed by atoms with van der Waals surface area (Å²) in [6, 6.07) is 3.21. The molecule has 7 heteroatoms. The molecule has 2 aromatic rings. The van der Waals surface area contributed by atoms with Gasteiger partial charge in [0.2, 0.25) is 0 Å². The number of carbonyl (C=O) groups excluding carboxylic acids is 2. The number of fused-ring (bicyclic) bond motifs is 1. The number of aromatic amines is 1. The van der Waals surface area contributed by atoms with Gasteiger partial charge in [0.1, 0.15) is 5.69 Å². The smallest absolute Gasteiger partial charge is 0.354 e. The Kier molecular flexibility index (Phi) is 4.54. The Labute approximate surface area is 133 Å². The molecule has 0 spiro atoms. The normalized spacial score (nSPS) is 10.6. The Morgan fingerprint density at radius 2 is 2.05 bits per heavy atom. The van der Waals surface area contributed by atoms with Gasteiger partial charge in [-0.05, 0) is 41.6 Å². The summed E-state index contributed by atoms with van der Waals surface area (Å²) in [5.74, 6) is -0.969. The highest BCUT2D eigenvalue weighted by Gasteiger charge is 2.19. The zero-order chi connectivity index (χ0) is 14.9. The number of ether oxygens (including phenoxy) is 2. The molecule has 1 aromatic carbocycles. The lowest BCUT2D eigenvalue weighted by molar-refractivity contribution is 0.0519. The minimum absolute atomic E-state index is 0.264. The average molecular weight is 408 g/mol. The second kappa shape index (κ2) is 6.01. The highest BCUT2D eigenvalue weighted by atomic mass is 127. The van der Waals surface area contributed by atoms with Gasteiger partial charge in [-0.1, -0.05) is 11.6 Å². The van der Waals surface area contributed by atoms with Gasteiger partial charge >= 0.3 is 11.9 Å². The minimum atomic E-state index is -0.520. The molecule has 1 heterocycles. The molecule has 0 atom stereocenters. The molecule has 20 heavy (non-hydrogen) atoms. The van der Waals surface area contributed by atoms with Crippen molar-refractivity contribution < 1.29 is 19.1 Å². The van der Waals surface area contributed by atoms with Crippen molar-refractivity contribution >= 4 is 57.0 Å². The minimum Gasteiger partial charge on any atom is -0.465 e. The molecule has 0 unspecified atom stereocenters. The third kappa shape index (κ3) is 2.62. The number of benzene rings is 1. The number of nitrogens with one attached hydrogen (secondary N) is 1. The molecular weight excluding hydrogens is 397 g/mol. The van der Waals surface area contributed by atoms with Crippen LogP contribution >= 0.6 is 34.2 Å². The van der Waals surface area contributed by atoms with E-state index in [4.69, 9.17) is 16.3 Å². The van der Waals surface area contributed by atoms with Gasteiger partial charge < -0.3 is 14.5 Å². The van der Waals surface area contributed by atoms with Gasteiger partial charge in [0.15, 0.2) is 0 Å². The zero-order valence-corrected chi connectivity index (χ0v) is 13.7. The Morgan fingerprint density at radius 1 is 1.35 bits per heavy atom. The van der Waals surface area contributed by atoms with Crippen LogP contribution in [0.3, 0.4) is 0 Å². The zero-order valence-electron chi connectivity index (χ0n) is 10.8. The highest BCUT2D eigenvalue weighted by molar-refractivity contribution is 14.1. The van der Waals surface area contributed by atoms with E-state index in [1.165, 1.54) is 7.11 Å². The van der Waals surface area contributed by atoms with Crippen LogP contribution in [0, 0.1) is 3.57 Å². The summed E-state index contributed by atoms with van der Waals surface area (Å²) in [6.07, 6.45) is 0. The number of halogens is 2. The van der Waals surface area contributed by atoms with E-state index in [-0.39, 0.29) is 5.56 Å². The van der Waals surface area contributed by atoms with Gasteiger partial charge in [-0.3, -0.25) is 0 Å². The van der Waals surface area contributed by atoms with Crippen LogP contribution in [0.1, 0.15) is 27.8 Å². The molecule has 0 amide bonds. The van der Waals surface area contributed by atoms with Crippen LogP contribution in [0.15, 0.2) is 12.1 Å². The van der Waals surface area contributed by atoms with Crippen molar-refractivity contribution in [2.75, 3.05) is 13.7 Å². The Bertz CT molecular complexity index is 695. The fourth-order valence-electron chi connectivity index (χ4n) is 1.79. The summed E-state index contributed by atoms with van der Waals surface area (Å²) in [7, 11) is 1.29. The summed E-state index contributed by atoms with van der Waals surface area (Å²) in [6.45, 7) is 2.02. The van der Waals surface area contributed by atoms with Crippen molar-refractivity contribution in [3.63, 3.8) is 0 Å². The molecule has 0 aliphatic carbocycles. The maximum absolute atomic E-state index is 11.7. The van der Waals surface area contributed by atoms with E-state index in [1.54, 1.807) is 19.1 Å². The number of hydrogen-bond acceptors (Lipinski definition) is 4. The molecule has 0 radical (unpaired) electrons. The number of rotatable bonds is 3. The van der Waals surface area contributed by atoms with Crippen LogP contribution in [0.5, 0.6) is 0 Å². The molecule has 0 aliphatic heterocycles. The SMILES string of the molecule is CCOC(=O)c1cc2cc(C(=O)OC)c(Cl)c(I)c2[nH]1. The van der Waals surface area contributed by atoms with Crippen LogP contribution < -0.4 is 0 Å². The van der Waals surface area contributed by atoms with E-state index in [0.717, 1.165) is 0 Å². The molecule has 0 saturated carbocycles. The molecule has 1 N–H and O–H groups in total. The van der Waals surface area contributed by atoms with Crippen molar-refractivity contribution in [2.45, 2.75) is 6.92 Å². The summed E-state index contributed by atoms with van der Waals surface area (Å²) >= 11 is 8.16. The molecule has 106 valence electrons. The van der Waals surface area contributed by atoms with E-state index in [9.17, 15) is 9.59 Å². The Morgan fingerprint density at radius 3 is 2.65 bits per heavy atom. The second-order valence-electron chi connectivity index (χ2n) is 3.91. The molecule has 0 saturated heterocycles. The van der Waals surface area contributed by atoms with Crippen molar-refractivity contribution in [1.82, 2.24) is 4.98 Å². The van der Waals surface area contributed by atoms with Crippen LogP contribution in [-0.4, -0.2) is 30.6 Å². The summed E-state index contributed by atoms with van der Waals surface area (Å²) in [5, 5.41) is 0.990. The first-order valence-electron chi connectivity index (χ1n) is 5.75. The summed E-state index contributed by atoms with van der Waals surface area (Å²) < 4.78 is 10.3. The molecule has 5 nitrogen and oxygen atoms in total. The fourth-order valence-corrected chi connectivity index (χ4v) is 2.75. The number of aromatic nitrogens is 1. The number of H-pyrrole nitrogens is 1. The molecular formula is C13H11ClINO4. The van der Waals surface area contributed by atoms with Crippen LogP contribution in [-0.2, 0) is 9.47 Å². The third-order valence-corrected chi connectivity index (χ3v) is 4.49. The maximum Gasteiger partial charge on any atom is 0.354 e. The highest BCUT2D eigenvalue weighted by Crippen LogP contribution is 2.32. The van der Waals surface area contributed by atoms with Gasteiger partial charge in [0.25, 0.3) is 0 Å². The predicted octanol–water partition coefficient (Wildman–Crippen LogP) is 3.39. The molecule has 0 fully saturated rings. The lowest BCUT2D eigenvalue weighted by Gasteiger charge is -2.05. The van der Waals surface area contributed by atoms with Gasteiger partial charge in [0, 0.05) is 5.39 Å². The van der Waals surface area contributed by atoms with Crippen molar-refractivity contribution in [1.29, 1.82) is 0 Å². The monoisotopic (exact) mass is 407 g/mol. The Hall–Kier alpha value is -1.28. The van der Waals surface area contributed by atoms with E-state index >= 15 is 0 Å². The van der Waals surface area contributed by atoms with Crippen molar-refractivity contribution in [3.05, 3.63) is 32.0 Å². The van der Waals surface area contributed by atoms with Crippen LogP contribution in [0.4, 0.5) is 0 Å². The van der Waals surface area contributed by atoms with Gasteiger partial charge in [-0.2, -0.15) is 0 Å². The van der Waals surface area contributed by atoms with Gasteiger partial charge in [-0.15, -0.1) is 0 Å². The molecule has 0 aliphatic rings. The Balaban J connectivity index is 2.60. The second-order valence-corrected chi connectivity index (χ2v) is 5.37. The van der Waals surface area contributed by atoms with Gasteiger partial charge in [0.05, 0.1) is 33.4 Å². The summed E-state index contributed by atoms with van der Waals surface area (Å²) in [5.41, 5.74) is 1.27. The van der Waals surface area contributed by atoms with Crippen LogP contribution in [0.25, 0.3) is 10.9 Å².